The molecule has 1 aliphatic rings. The minimum absolute atomic E-state index is 0.0320. The number of hydrogen-bond donors (Lipinski definition) is 1. The molecule has 1 unspecified atom stereocenters. The van der Waals surface area contributed by atoms with Crippen molar-refractivity contribution in [1.29, 1.82) is 0 Å². The van der Waals surface area contributed by atoms with Gasteiger partial charge in [-0.05, 0) is 36.2 Å². The normalized spacial score (nSPS) is 15.5. The van der Waals surface area contributed by atoms with Crippen molar-refractivity contribution in [2.75, 3.05) is 29.4 Å². The highest BCUT2D eigenvalue weighted by molar-refractivity contribution is 5.95. The van der Waals surface area contributed by atoms with Crippen LogP contribution in [0.5, 0.6) is 0 Å². The lowest BCUT2D eigenvalue weighted by Crippen LogP contribution is -2.29. The van der Waals surface area contributed by atoms with Gasteiger partial charge in [-0.15, -0.1) is 0 Å². The third-order valence-electron chi connectivity index (χ3n) is 4.42. The highest BCUT2D eigenvalue weighted by Gasteiger charge is 2.24. The number of para-hydroxylation sites is 2. The first kappa shape index (κ1) is 17.4. The molecule has 3 rings (SSSR count). The third kappa shape index (κ3) is 3.64. The number of hydrogen-bond acceptors (Lipinski definition) is 3. The SMILES string of the molecule is CC(=O)N1CCCN(CC(O)c2ccc(F)c(F)c2)c2ccccc21. The number of amides is 1. The van der Waals surface area contributed by atoms with Crippen LogP contribution in [0.25, 0.3) is 0 Å². The molecule has 6 heteroatoms. The van der Waals surface area contributed by atoms with Crippen LogP contribution in [0.2, 0.25) is 0 Å². The number of β-amino-alcohol motifs (C(OH)–C–C–N with tert-alkyl or cyclic N) is 1. The molecule has 4 nitrogen and oxygen atoms in total. The van der Waals surface area contributed by atoms with Crippen LogP contribution >= 0.6 is 0 Å². The van der Waals surface area contributed by atoms with Crippen molar-refractivity contribution in [2.45, 2.75) is 19.4 Å². The summed E-state index contributed by atoms with van der Waals surface area (Å²) in [4.78, 5) is 15.6. The van der Waals surface area contributed by atoms with Crippen LogP contribution in [-0.4, -0.2) is 30.6 Å². The van der Waals surface area contributed by atoms with E-state index in [1.165, 1.54) is 13.0 Å². The van der Waals surface area contributed by atoms with E-state index >= 15 is 0 Å². The maximum Gasteiger partial charge on any atom is 0.223 e. The van der Waals surface area contributed by atoms with Gasteiger partial charge >= 0.3 is 0 Å². The molecule has 0 aromatic heterocycles. The van der Waals surface area contributed by atoms with Crippen molar-refractivity contribution in [2.24, 2.45) is 0 Å². The maximum absolute atomic E-state index is 13.4. The Balaban J connectivity index is 1.87. The standard InChI is InChI=1S/C19H20F2N2O2/c1-13(24)23-10-4-9-22(17-5-2-3-6-18(17)23)12-19(25)14-7-8-15(20)16(21)11-14/h2-3,5-8,11,19,25H,4,9-10,12H2,1H3. The number of aliphatic hydroxyl groups is 1. The van der Waals surface area contributed by atoms with E-state index in [0.717, 1.165) is 29.9 Å². The van der Waals surface area contributed by atoms with Crippen LogP contribution in [0.3, 0.4) is 0 Å². The Bertz CT molecular complexity index is 782. The van der Waals surface area contributed by atoms with Gasteiger partial charge < -0.3 is 14.9 Å². The maximum atomic E-state index is 13.4. The molecule has 1 heterocycles. The van der Waals surface area contributed by atoms with Crippen LogP contribution in [0.4, 0.5) is 20.2 Å². The van der Waals surface area contributed by atoms with Gasteiger partial charge in [0.2, 0.25) is 5.91 Å². The minimum Gasteiger partial charge on any atom is -0.387 e. The predicted octanol–water partition coefficient (Wildman–Crippen LogP) is 3.26. The molecule has 0 saturated heterocycles. The number of anilines is 2. The molecule has 0 spiro atoms. The first-order chi connectivity index (χ1) is 12.0. The number of aliphatic hydroxyl groups excluding tert-OH is 1. The summed E-state index contributed by atoms with van der Waals surface area (Å²) in [6.07, 6.45) is -0.217. The first-order valence-corrected chi connectivity index (χ1v) is 8.22. The number of fused-ring (bicyclic) bond motifs is 1. The van der Waals surface area contributed by atoms with Gasteiger partial charge in [-0.3, -0.25) is 4.79 Å². The fourth-order valence-electron chi connectivity index (χ4n) is 3.17. The van der Waals surface area contributed by atoms with Crippen LogP contribution < -0.4 is 9.80 Å². The zero-order valence-corrected chi connectivity index (χ0v) is 14.0. The van der Waals surface area contributed by atoms with E-state index < -0.39 is 17.7 Å². The molecule has 0 radical (unpaired) electrons. The summed E-state index contributed by atoms with van der Waals surface area (Å²) in [5, 5.41) is 10.5. The second-order valence-electron chi connectivity index (χ2n) is 6.15. The summed E-state index contributed by atoms with van der Waals surface area (Å²) in [5.74, 6) is -1.95. The van der Waals surface area contributed by atoms with Crippen LogP contribution in [-0.2, 0) is 4.79 Å². The van der Waals surface area contributed by atoms with Gasteiger partial charge in [0.1, 0.15) is 0 Å². The van der Waals surface area contributed by atoms with Crippen molar-refractivity contribution in [1.82, 2.24) is 0 Å². The van der Waals surface area contributed by atoms with Gasteiger partial charge in [0, 0.05) is 26.6 Å². The Hall–Kier alpha value is -2.47. The van der Waals surface area contributed by atoms with E-state index in [0.29, 0.717) is 18.7 Å². The fraction of sp³-hybridized carbons (Fsp3) is 0.316. The van der Waals surface area contributed by atoms with Gasteiger partial charge in [0.25, 0.3) is 0 Å². The average molecular weight is 346 g/mol. The predicted molar refractivity (Wildman–Crippen MR) is 92.6 cm³/mol. The molecule has 1 N–H and O–H groups in total. The zero-order valence-electron chi connectivity index (χ0n) is 14.0. The number of carbonyl (C=O) groups excluding carboxylic acids is 1. The first-order valence-electron chi connectivity index (χ1n) is 8.22. The van der Waals surface area contributed by atoms with E-state index in [9.17, 15) is 18.7 Å². The molecule has 0 aliphatic carbocycles. The van der Waals surface area contributed by atoms with E-state index in [-0.39, 0.29) is 12.5 Å². The van der Waals surface area contributed by atoms with Crippen LogP contribution in [0.1, 0.15) is 25.0 Å². The molecule has 0 bridgehead atoms. The Labute approximate surface area is 145 Å². The molecule has 2 aromatic carbocycles. The summed E-state index contributed by atoms with van der Waals surface area (Å²) in [6.45, 7) is 3.02. The van der Waals surface area contributed by atoms with Crippen molar-refractivity contribution in [3.63, 3.8) is 0 Å². The molecule has 0 fully saturated rings. The lowest BCUT2D eigenvalue weighted by atomic mass is 10.1. The number of nitrogens with zero attached hydrogens (tertiary/aromatic N) is 2. The number of rotatable bonds is 3. The summed E-state index contributed by atoms with van der Waals surface area (Å²) in [7, 11) is 0. The number of carbonyl (C=O) groups is 1. The van der Waals surface area contributed by atoms with Gasteiger partial charge in [0.15, 0.2) is 11.6 Å². The van der Waals surface area contributed by atoms with E-state index in [1.807, 2.05) is 29.2 Å². The zero-order chi connectivity index (χ0) is 18.0. The lowest BCUT2D eigenvalue weighted by Gasteiger charge is -2.28. The molecule has 1 atom stereocenters. The summed E-state index contributed by atoms with van der Waals surface area (Å²) >= 11 is 0. The second-order valence-corrected chi connectivity index (χ2v) is 6.15. The van der Waals surface area contributed by atoms with Crippen molar-refractivity contribution in [3.05, 3.63) is 59.7 Å². The van der Waals surface area contributed by atoms with Crippen LogP contribution in [0, 0.1) is 11.6 Å². The molecule has 0 saturated carbocycles. The Morgan fingerprint density at radius 1 is 1.12 bits per heavy atom. The van der Waals surface area contributed by atoms with Gasteiger partial charge in [-0.2, -0.15) is 0 Å². The van der Waals surface area contributed by atoms with Gasteiger partial charge in [-0.25, -0.2) is 8.78 Å². The fourth-order valence-corrected chi connectivity index (χ4v) is 3.17. The molecule has 1 aliphatic heterocycles. The third-order valence-corrected chi connectivity index (χ3v) is 4.42. The highest BCUT2D eigenvalue weighted by Crippen LogP contribution is 2.33. The molecule has 25 heavy (non-hydrogen) atoms. The average Bonchev–Trinajstić information content (AvgIpc) is 2.77. The quantitative estimate of drug-likeness (QED) is 0.928. The summed E-state index contributed by atoms with van der Waals surface area (Å²) < 4.78 is 26.5. The smallest absolute Gasteiger partial charge is 0.223 e. The van der Waals surface area contributed by atoms with Crippen LogP contribution in [0.15, 0.2) is 42.5 Å². The van der Waals surface area contributed by atoms with E-state index in [1.54, 1.807) is 4.90 Å². The molecular formula is C19H20F2N2O2. The van der Waals surface area contributed by atoms with E-state index in [2.05, 4.69) is 0 Å². The highest BCUT2D eigenvalue weighted by atomic mass is 19.2. The number of halogens is 2. The molecular weight excluding hydrogens is 326 g/mol. The Morgan fingerprint density at radius 3 is 2.52 bits per heavy atom. The topological polar surface area (TPSA) is 43.8 Å². The summed E-state index contributed by atoms with van der Waals surface area (Å²) in [5.41, 5.74) is 1.96. The lowest BCUT2D eigenvalue weighted by molar-refractivity contribution is -0.116. The van der Waals surface area contributed by atoms with E-state index in [4.69, 9.17) is 0 Å². The largest absolute Gasteiger partial charge is 0.387 e. The molecule has 1 amide bonds. The molecule has 2 aromatic rings. The van der Waals surface area contributed by atoms with Crippen molar-refractivity contribution < 1.29 is 18.7 Å². The second kappa shape index (κ2) is 7.19. The van der Waals surface area contributed by atoms with Crippen molar-refractivity contribution >= 4 is 17.3 Å². The monoisotopic (exact) mass is 346 g/mol. The Kier molecular flexibility index (Phi) is 4.99. The number of benzene rings is 2. The molecule has 132 valence electrons. The van der Waals surface area contributed by atoms with Gasteiger partial charge in [0.05, 0.1) is 17.5 Å². The van der Waals surface area contributed by atoms with Gasteiger partial charge in [-0.1, -0.05) is 18.2 Å². The summed E-state index contributed by atoms with van der Waals surface area (Å²) in [6, 6.07) is 10.9. The van der Waals surface area contributed by atoms with Crippen molar-refractivity contribution in [3.8, 4) is 0 Å². The Morgan fingerprint density at radius 2 is 1.84 bits per heavy atom. The minimum atomic E-state index is -0.976.